The first-order chi connectivity index (χ1) is 17.3. The normalized spacial score (nSPS) is 23.0. The number of hydrogen-bond acceptors (Lipinski definition) is 4. The molecule has 2 aromatic heterocycles. The van der Waals surface area contributed by atoms with Crippen LogP contribution in [0.5, 0.6) is 0 Å². The second kappa shape index (κ2) is 8.40. The molecule has 36 heavy (non-hydrogen) atoms. The Morgan fingerprint density at radius 2 is 1.89 bits per heavy atom. The molecule has 1 spiro atoms. The zero-order chi connectivity index (χ0) is 25.0. The van der Waals surface area contributed by atoms with E-state index in [1.165, 1.54) is 6.07 Å². The van der Waals surface area contributed by atoms with Crippen LogP contribution in [-0.2, 0) is 0 Å². The van der Waals surface area contributed by atoms with Gasteiger partial charge in [-0.25, -0.2) is 9.49 Å². The second-order valence-electron chi connectivity index (χ2n) is 10.7. The average molecular weight is 486 g/mol. The fourth-order valence-corrected chi connectivity index (χ4v) is 5.97. The van der Waals surface area contributed by atoms with Crippen molar-refractivity contribution in [3.8, 4) is 11.1 Å². The molecule has 0 saturated heterocycles. The minimum Gasteiger partial charge on any atom is -0.349 e. The van der Waals surface area contributed by atoms with Crippen LogP contribution in [0.15, 0.2) is 59.7 Å². The quantitative estimate of drug-likeness (QED) is 0.418. The van der Waals surface area contributed by atoms with Crippen molar-refractivity contribution in [3.05, 3.63) is 82.3 Å². The molecule has 0 atom stereocenters. The van der Waals surface area contributed by atoms with E-state index in [4.69, 9.17) is 0 Å². The fraction of sp³-hybridized carbons (Fsp3) is 0.357. The Hall–Kier alpha value is -3.81. The monoisotopic (exact) mass is 485 g/mol. The Balaban J connectivity index is 1.07. The highest BCUT2D eigenvalue weighted by Crippen LogP contribution is 2.62. The van der Waals surface area contributed by atoms with E-state index >= 15 is 0 Å². The smallest absolute Gasteiger partial charge is 0.272 e. The summed E-state index contributed by atoms with van der Waals surface area (Å²) < 4.78 is 16.6. The van der Waals surface area contributed by atoms with Gasteiger partial charge in [-0.05, 0) is 63.1 Å². The number of rotatable bonds is 5. The van der Waals surface area contributed by atoms with Crippen molar-refractivity contribution in [3.63, 3.8) is 0 Å². The van der Waals surface area contributed by atoms with Crippen molar-refractivity contribution in [2.24, 2.45) is 5.41 Å². The summed E-state index contributed by atoms with van der Waals surface area (Å²) in [4.78, 5) is 24.9. The van der Waals surface area contributed by atoms with Crippen molar-refractivity contribution in [1.82, 2.24) is 25.3 Å². The standard InChI is InChI=1S/C28H28FN5O2/c1-16(2)34-15-19(14-30-34)21-8-7-17(9-24(21)29)26(35)31-20-12-28(13-20)10-18(11-28)25-22-5-3-4-6-23(22)27(36)33-32-25/h3-9,14-16,18,20H,10-13H2,1-2H3,(H,31,35)(H,33,36)/t18-,20-,28?. The molecule has 2 fully saturated rings. The summed E-state index contributed by atoms with van der Waals surface area (Å²) in [6.45, 7) is 4.02. The summed E-state index contributed by atoms with van der Waals surface area (Å²) in [5.41, 5.74) is 2.46. The van der Waals surface area contributed by atoms with Crippen molar-refractivity contribution in [1.29, 1.82) is 0 Å². The van der Waals surface area contributed by atoms with Gasteiger partial charge >= 0.3 is 0 Å². The van der Waals surface area contributed by atoms with Gasteiger partial charge in [0.25, 0.3) is 11.5 Å². The van der Waals surface area contributed by atoms with Gasteiger partial charge in [-0.2, -0.15) is 10.2 Å². The van der Waals surface area contributed by atoms with Crippen molar-refractivity contribution in [2.75, 3.05) is 0 Å². The van der Waals surface area contributed by atoms with Gasteiger partial charge in [0.05, 0.1) is 17.3 Å². The number of carbonyl (C=O) groups excluding carboxylic acids is 1. The van der Waals surface area contributed by atoms with Gasteiger partial charge in [0.1, 0.15) is 5.82 Å². The predicted octanol–water partition coefficient (Wildman–Crippen LogP) is 4.96. The zero-order valence-electron chi connectivity index (χ0n) is 20.3. The first kappa shape index (κ1) is 22.6. The number of nitrogens with one attached hydrogen (secondary N) is 2. The highest BCUT2D eigenvalue weighted by Gasteiger charge is 2.54. The number of fused-ring (bicyclic) bond motifs is 1. The molecule has 2 heterocycles. The molecule has 2 N–H and O–H groups in total. The summed E-state index contributed by atoms with van der Waals surface area (Å²) in [6.07, 6.45) is 7.26. The minimum atomic E-state index is -0.432. The third kappa shape index (κ3) is 3.81. The molecular formula is C28H28FN5O2. The highest BCUT2D eigenvalue weighted by atomic mass is 19.1. The number of amides is 1. The second-order valence-corrected chi connectivity index (χ2v) is 10.7. The predicted molar refractivity (Wildman–Crippen MR) is 135 cm³/mol. The summed E-state index contributed by atoms with van der Waals surface area (Å²) in [6, 6.07) is 12.5. The third-order valence-corrected chi connectivity index (χ3v) is 7.84. The maximum atomic E-state index is 14.8. The lowest BCUT2D eigenvalue weighted by Crippen LogP contribution is -2.55. The van der Waals surface area contributed by atoms with Gasteiger partial charge in [0, 0.05) is 46.3 Å². The Kier molecular flexibility index (Phi) is 5.28. The van der Waals surface area contributed by atoms with Crippen LogP contribution in [0.1, 0.15) is 67.5 Å². The van der Waals surface area contributed by atoms with Crippen LogP contribution < -0.4 is 10.9 Å². The van der Waals surface area contributed by atoms with E-state index in [0.29, 0.717) is 28.0 Å². The molecule has 2 saturated carbocycles. The third-order valence-electron chi connectivity index (χ3n) is 7.84. The molecule has 2 aromatic carbocycles. The number of halogens is 1. The maximum absolute atomic E-state index is 14.8. The van der Waals surface area contributed by atoms with E-state index in [1.54, 1.807) is 23.0 Å². The van der Waals surface area contributed by atoms with Crippen LogP contribution in [0.2, 0.25) is 0 Å². The van der Waals surface area contributed by atoms with E-state index in [0.717, 1.165) is 36.8 Å². The molecule has 0 aliphatic heterocycles. The van der Waals surface area contributed by atoms with Crippen LogP contribution in [0.3, 0.4) is 0 Å². The molecule has 8 heteroatoms. The van der Waals surface area contributed by atoms with Crippen molar-refractivity contribution < 1.29 is 9.18 Å². The van der Waals surface area contributed by atoms with E-state index < -0.39 is 5.82 Å². The van der Waals surface area contributed by atoms with Gasteiger partial charge < -0.3 is 5.32 Å². The van der Waals surface area contributed by atoms with Crippen LogP contribution >= 0.6 is 0 Å². The largest absolute Gasteiger partial charge is 0.349 e. The molecule has 6 rings (SSSR count). The summed E-state index contributed by atoms with van der Waals surface area (Å²) in [5, 5.41) is 15.9. The molecule has 1 amide bonds. The van der Waals surface area contributed by atoms with E-state index in [-0.39, 0.29) is 29.0 Å². The summed E-state index contributed by atoms with van der Waals surface area (Å²) >= 11 is 0. The number of benzene rings is 2. The van der Waals surface area contributed by atoms with E-state index in [1.807, 2.05) is 44.3 Å². The molecule has 4 aromatic rings. The lowest BCUT2D eigenvalue weighted by Gasteiger charge is -2.57. The summed E-state index contributed by atoms with van der Waals surface area (Å²) in [5.74, 6) is -0.370. The molecule has 2 aliphatic rings. The Morgan fingerprint density at radius 3 is 2.58 bits per heavy atom. The van der Waals surface area contributed by atoms with Crippen LogP contribution in [-0.4, -0.2) is 31.9 Å². The Morgan fingerprint density at radius 1 is 1.14 bits per heavy atom. The molecule has 2 aliphatic carbocycles. The molecule has 0 bridgehead atoms. The summed E-state index contributed by atoms with van der Waals surface area (Å²) in [7, 11) is 0. The molecule has 0 radical (unpaired) electrons. The number of H-pyrrole nitrogens is 1. The number of hydrogen-bond donors (Lipinski definition) is 2. The number of carbonyl (C=O) groups is 1. The highest BCUT2D eigenvalue weighted by molar-refractivity contribution is 5.95. The fourth-order valence-electron chi connectivity index (χ4n) is 5.97. The van der Waals surface area contributed by atoms with Crippen LogP contribution in [0.4, 0.5) is 4.39 Å². The SMILES string of the molecule is CC(C)n1cc(-c2ccc(C(=O)N[C@H]3CC4(C3)C[C@H](c3n[nH]c(=O)c5ccccc53)C4)cc2F)cn1. The molecule has 184 valence electrons. The zero-order valence-corrected chi connectivity index (χ0v) is 20.3. The molecule has 0 unspecified atom stereocenters. The van der Waals surface area contributed by atoms with Gasteiger partial charge in [-0.1, -0.05) is 24.3 Å². The van der Waals surface area contributed by atoms with Gasteiger partial charge in [0.2, 0.25) is 0 Å². The number of aromatic amines is 1. The first-order valence-corrected chi connectivity index (χ1v) is 12.4. The lowest BCUT2D eigenvalue weighted by molar-refractivity contribution is -0.0196. The van der Waals surface area contributed by atoms with Gasteiger partial charge in [0.15, 0.2) is 0 Å². The molecular weight excluding hydrogens is 457 g/mol. The first-order valence-electron chi connectivity index (χ1n) is 12.4. The number of nitrogens with zero attached hydrogens (tertiary/aromatic N) is 3. The average Bonchev–Trinajstić information content (AvgIpc) is 3.31. The van der Waals surface area contributed by atoms with Crippen LogP contribution in [0, 0.1) is 11.2 Å². The minimum absolute atomic E-state index is 0.0887. The molecule has 7 nitrogen and oxygen atoms in total. The number of aromatic nitrogens is 4. The Labute approximate surface area is 207 Å². The van der Waals surface area contributed by atoms with Gasteiger partial charge in [-0.15, -0.1) is 0 Å². The van der Waals surface area contributed by atoms with E-state index in [9.17, 15) is 14.0 Å². The van der Waals surface area contributed by atoms with Crippen molar-refractivity contribution in [2.45, 2.75) is 57.5 Å². The van der Waals surface area contributed by atoms with Crippen molar-refractivity contribution >= 4 is 16.7 Å². The Bertz CT molecular complexity index is 1520. The van der Waals surface area contributed by atoms with E-state index in [2.05, 4.69) is 20.6 Å². The van der Waals surface area contributed by atoms with Gasteiger partial charge in [-0.3, -0.25) is 14.3 Å². The topological polar surface area (TPSA) is 92.7 Å². The maximum Gasteiger partial charge on any atom is 0.272 e. The lowest BCUT2D eigenvalue weighted by atomic mass is 9.49. The van der Waals surface area contributed by atoms with Crippen LogP contribution in [0.25, 0.3) is 21.9 Å².